The van der Waals surface area contributed by atoms with Crippen LogP contribution in [0.1, 0.15) is 25.0 Å². The van der Waals surface area contributed by atoms with Crippen LogP contribution in [-0.2, 0) is 4.74 Å². The third-order valence-corrected chi connectivity index (χ3v) is 3.77. The van der Waals surface area contributed by atoms with E-state index in [0.717, 1.165) is 4.90 Å². The van der Waals surface area contributed by atoms with Crippen molar-refractivity contribution in [1.82, 2.24) is 4.90 Å². The first-order valence-corrected chi connectivity index (χ1v) is 6.45. The van der Waals surface area contributed by atoms with E-state index >= 15 is 0 Å². The zero-order chi connectivity index (χ0) is 14.2. The molecular formula is C12H12Cl2N2O3. The molecule has 1 fully saturated rings. The molecule has 2 N–H and O–H groups in total. The molecule has 2 atom stereocenters. The summed E-state index contributed by atoms with van der Waals surface area (Å²) < 4.78 is 5.20. The summed E-state index contributed by atoms with van der Waals surface area (Å²) in [6.07, 6.45) is -0.797. The fourth-order valence-corrected chi connectivity index (χ4v) is 2.45. The van der Waals surface area contributed by atoms with Gasteiger partial charge in [-0.25, -0.2) is 14.5 Å². The van der Waals surface area contributed by atoms with Gasteiger partial charge in [0, 0.05) is 0 Å². The Morgan fingerprint density at radius 1 is 1.42 bits per heavy atom. The van der Waals surface area contributed by atoms with E-state index in [4.69, 9.17) is 33.7 Å². The molecule has 1 aliphatic heterocycles. The van der Waals surface area contributed by atoms with Crippen LogP contribution in [0.25, 0.3) is 0 Å². The van der Waals surface area contributed by atoms with Crippen molar-refractivity contribution in [3.63, 3.8) is 0 Å². The highest BCUT2D eigenvalue weighted by atomic mass is 35.5. The molecule has 0 aliphatic carbocycles. The molecule has 1 aliphatic rings. The van der Waals surface area contributed by atoms with Gasteiger partial charge in [0.25, 0.3) is 0 Å². The van der Waals surface area contributed by atoms with Crippen LogP contribution in [-0.4, -0.2) is 23.1 Å². The number of cyclic esters (lactones) is 1. The third kappa shape index (κ3) is 2.48. The highest BCUT2D eigenvalue weighted by molar-refractivity contribution is 6.42. The molecule has 19 heavy (non-hydrogen) atoms. The van der Waals surface area contributed by atoms with E-state index < -0.39 is 24.3 Å². The van der Waals surface area contributed by atoms with Crippen molar-refractivity contribution in [3.05, 3.63) is 33.8 Å². The van der Waals surface area contributed by atoms with Gasteiger partial charge in [0.2, 0.25) is 0 Å². The van der Waals surface area contributed by atoms with Gasteiger partial charge in [-0.2, -0.15) is 0 Å². The topological polar surface area (TPSA) is 72.6 Å². The van der Waals surface area contributed by atoms with Crippen molar-refractivity contribution in [1.29, 1.82) is 0 Å². The van der Waals surface area contributed by atoms with E-state index in [9.17, 15) is 9.59 Å². The average molecular weight is 303 g/mol. The second-order valence-corrected chi connectivity index (χ2v) is 4.98. The van der Waals surface area contributed by atoms with Gasteiger partial charge in [0.05, 0.1) is 16.1 Å². The van der Waals surface area contributed by atoms with E-state index in [1.807, 2.05) is 6.92 Å². The number of urea groups is 1. The number of primary amides is 1. The number of benzene rings is 1. The summed E-state index contributed by atoms with van der Waals surface area (Å²) in [7, 11) is 0. The summed E-state index contributed by atoms with van der Waals surface area (Å²) in [6.45, 7) is 1.84. The standard InChI is InChI=1S/C12H12Cl2N2O3/c1-2-9-10(19-12(18)16(9)11(15)17)6-3-4-7(13)8(14)5-6/h3-5,9-10H,2H2,1H3,(H2,15,17). The summed E-state index contributed by atoms with van der Waals surface area (Å²) in [5.74, 6) is 0. The Balaban J connectivity index is 2.36. The Labute approximate surface area is 120 Å². The maximum atomic E-state index is 11.7. The third-order valence-electron chi connectivity index (χ3n) is 3.03. The van der Waals surface area contributed by atoms with Crippen LogP contribution in [0.4, 0.5) is 9.59 Å². The summed E-state index contributed by atoms with van der Waals surface area (Å²) in [5.41, 5.74) is 5.87. The maximum Gasteiger partial charge on any atom is 0.419 e. The largest absolute Gasteiger partial charge is 0.439 e. The maximum absolute atomic E-state index is 11.7. The molecule has 1 heterocycles. The zero-order valence-corrected chi connectivity index (χ0v) is 11.6. The first-order chi connectivity index (χ1) is 8.95. The lowest BCUT2D eigenvalue weighted by atomic mass is 10.0. The smallest absolute Gasteiger partial charge is 0.419 e. The van der Waals surface area contributed by atoms with E-state index in [2.05, 4.69) is 0 Å². The Kier molecular flexibility index (Phi) is 3.87. The van der Waals surface area contributed by atoms with Crippen LogP contribution in [0.5, 0.6) is 0 Å². The minimum atomic E-state index is -0.820. The van der Waals surface area contributed by atoms with Crippen molar-refractivity contribution in [2.75, 3.05) is 0 Å². The van der Waals surface area contributed by atoms with Crippen molar-refractivity contribution in [2.45, 2.75) is 25.5 Å². The van der Waals surface area contributed by atoms with Crippen molar-refractivity contribution >= 4 is 35.3 Å². The van der Waals surface area contributed by atoms with Crippen molar-refractivity contribution in [2.24, 2.45) is 5.73 Å². The summed E-state index contributed by atoms with van der Waals surface area (Å²) in [6, 6.07) is 3.68. The van der Waals surface area contributed by atoms with E-state index in [0.29, 0.717) is 22.0 Å². The van der Waals surface area contributed by atoms with Gasteiger partial charge < -0.3 is 10.5 Å². The lowest BCUT2D eigenvalue weighted by molar-refractivity contribution is 0.130. The quantitative estimate of drug-likeness (QED) is 0.910. The van der Waals surface area contributed by atoms with Gasteiger partial charge in [-0.05, 0) is 24.1 Å². The first kappa shape index (κ1) is 14.0. The molecule has 2 unspecified atom stereocenters. The van der Waals surface area contributed by atoms with E-state index in [-0.39, 0.29) is 0 Å². The van der Waals surface area contributed by atoms with E-state index in [1.54, 1.807) is 18.2 Å². The zero-order valence-electron chi connectivity index (χ0n) is 10.1. The molecule has 1 aromatic carbocycles. The molecule has 0 spiro atoms. The SMILES string of the molecule is CCC1C(c2ccc(Cl)c(Cl)c2)OC(=O)N1C(N)=O. The molecule has 102 valence electrons. The molecule has 1 aromatic rings. The number of hydrogen-bond donors (Lipinski definition) is 1. The Morgan fingerprint density at radius 2 is 2.11 bits per heavy atom. The normalized spacial score (nSPS) is 22.5. The molecule has 0 bridgehead atoms. The molecule has 1 saturated heterocycles. The van der Waals surface area contributed by atoms with Gasteiger partial charge in [-0.15, -0.1) is 0 Å². The van der Waals surface area contributed by atoms with Gasteiger partial charge in [0.1, 0.15) is 6.10 Å². The molecular weight excluding hydrogens is 291 g/mol. The number of nitrogens with zero attached hydrogens (tertiary/aromatic N) is 1. The number of rotatable bonds is 2. The predicted molar refractivity (Wildman–Crippen MR) is 71.2 cm³/mol. The predicted octanol–water partition coefficient (Wildman–Crippen LogP) is 3.34. The minimum absolute atomic E-state index is 0.364. The highest BCUT2D eigenvalue weighted by Gasteiger charge is 2.44. The summed E-state index contributed by atoms with van der Waals surface area (Å²) >= 11 is 11.8. The van der Waals surface area contributed by atoms with Crippen LogP contribution in [0, 0.1) is 0 Å². The van der Waals surface area contributed by atoms with Crippen LogP contribution in [0.3, 0.4) is 0 Å². The lowest BCUT2D eigenvalue weighted by Gasteiger charge is -2.20. The number of imide groups is 1. The number of amides is 3. The van der Waals surface area contributed by atoms with Gasteiger partial charge >= 0.3 is 12.1 Å². The van der Waals surface area contributed by atoms with E-state index in [1.165, 1.54) is 0 Å². The number of carbonyl (C=O) groups excluding carboxylic acids is 2. The molecule has 3 amide bonds. The summed E-state index contributed by atoms with van der Waals surface area (Å²) in [4.78, 5) is 23.9. The number of hydrogen-bond acceptors (Lipinski definition) is 3. The van der Waals surface area contributed by atoms with Crippen LogP contribution < -0.4 is 5.73 Å². The fraction of sp³-hybridized carbons (Fsp3) is 0.333. The minimum Gasteiger partial charge on any atom is -0.439 e. The monoisotopic (exact) mass is 302 g/mol. The van der Waals surface area contributed by atoms with Crippen molar-refractivity contribution < 1.29 is 14.3 Å². The Bertz CT molecular complexity index is 536. The molecule has 2 rings (SSSR count). The molecule has 7 heteroatoms. The summed E-state index contributed by atoms with van der Waals surface area (Å²) in [5, 5.41) is 0.775. The second kappa shape index (κ2) is 5.27. The Hall–Kier alpha value is -1.46. The van der Waals surface area contributed by atoms with Gasteiger partial charge in [-0.1, -0.05) is 36.2 Å². The molecule has 5 nitrogen and oxygen atoms in total. The first-order valence-electron chi connectivity index (χ1n) is 5.70. The lowest BCUT2D eigenvalue weighted by Crippen LogP contribution is -2.42. The Morgan fingerprint density at radius 3 is 2.63 bits per heavy atom. The van der Waals surface area contributed by atoms with Gasteiger partial charge in [0.15, 0.2) is 0 Å². The number of nitrogens with two attached hydrogens (primary N) is 1. The van der Waals surface area contributed by atoms with Crippen molar-refractivity contribution in [3.8, 4) is 0 Å². The average Bonchev–Trinajstić information content (AvgIpc) is 2.69. The number of halogens is 2. The molecule has 0 saturated carbocycles. The molecule has 0 aromatic heterocycles. The molecule has 0 radical (unpaired) electrons. The number of ether oxygens (including phenoxy) is 1. The van der Waals surface area contributed by atoms with Crippen LogP contribution >= 0.6 is 23.2 Å². The van der Waals surface area contributed by atoms with Crippen LogP contribution in [0.15, 0.2) is 18.2 Å². The van der Waals surface area contributed by atoms with Gasteiger partial charge in [-0.3, -0.25) is 0 Å². The highest BCUT2D eigenvalue weighted by Crippen LogP contribution is 2.36. The van der Waals surface area contributed by atoms with Crippen LogP contribution in [0.2, 0.25) is 10.0 Å². The second-order valence-electron chi connectivity index (χ2n) is 4.16. The fourth-order valence-electron chi connectivity index (χ4n) is 2.14. The number of carbonyl (C=O) groups is 2.